The van der Waals surface area contributed by atoms with Gasteiger partial charge in [-0.3, -0.25) is 9.69 Å². The van der Waals surface area contributed by atoms with Crippen LogP contribution < -0.4 is 0 Å². The molecule has 1 aliphatic rings. The summed E-state index contributed by atoms with van der Waals surface area (Å²) in [7, 11) is 0. The van der Waals surface area contributed by atoms with Gasteiger partial charge in [0.1, 0.15) is 0 Å². The van der Waals surface area contributed by atoms with Crippen LogP contribution in [0.25, 0.3) is 0 Å². The summed E-state index contributed by atoms with van der Waals surface area (Å²) in [5, 5.41) is 18.1. The van der Waals surface area contributed by atoms with E-state index in [1.807, 2.05) is 18.2 Å². The van der Waals surface area contributed by atoms with E-state index in [1.54, 1.807) is 13.0 Å². The number of nitriles is 1. The van der Waals surface area contributed by atoms with E-state index >= 15 is 0 Å². The summed E-state index contributed by atoms with van der Waals surface area (Å²) >= 11 is 0. The molecule has 0 spiro atoms. The van der Waals surface area contributed by atoms with Crippen LogP contribution in [0.3, 0.4) is 0 Å². The highest BCUT2D eigenvalue weighted by Crippen LogP contribution is 2.26. The van der Waals surface area contributed by atoms with Gasteiger partial charge in [-0.05, 0) is 30.5 Å². The number of benzene rings is 1. The van der Waals surface area contributed by atoms with Crippen molar-refractivity contribution < 1.29 is 9.90 Å². The number of carbonyl (C=O) groups is 1. The largest absolute Gasteiger partial charge is 0.481 e. The SMILES string of the molecule is CC(CN(Cc1cccc(C#N)c1)C1CCCC1)C(=O)O. The minimum absolute atomic E-state index is 0.371. The highest BCUT2D eigenvalue weighted by molar-refractivity contribution is 5.69. The van der Waals surface area contributed by atoms with Crippen LogP contribution >= 0.6 is 0 Å². The minimum atomic E-state index is -0.747. The molecule has 0 bridgehead atoms. The molecule has 1 aromatic carbocycles. The summed E-state index contributed by atoms with van der Waals surface area (Å²) < 4.78 is 0. The van der Waals surface area contributed by atoms with Crippen molar-refractivity contribution in [2.24, 2.45) is 5.92 Å². The Hall–Kier alpha value is -1.86. The second-order valence-electron chi connectivity index (χ2n) is 5.92. The van der Waals surface area contributed by atoms with E-state index in [-0.39, 0.29) is 5.92 Å². The van der Waals surface area contributed by atoms with Crippen LogP contribution in [0.1, 0.15) is 43.7 Å². The Morgan fingerprint density at radius 3 is 2.81 bits per heavy atom. The van der Waals surface area contributed by atoms with E-state index in [4.69, 9.17) is 10.4 Å². The Morgan fingerprint density at radius 1 is 1.48 bits per heavy atom. The zero-order valence-corrected chi connectivity index (χ0v) is 12.5. The van der Waals surface area contributed by atoms with Crippen molar-refractivity contribution in [3.8, 4) is 6.07 Å². The summed E-state index contributed by atoms with van der Waals surface area (Å²) in [6.45, 7) is 3.05. The van der Waals surface area contributed by atoms with Crippen molar-refractivity contribution in [1.29, 1.82) is 5.26 Å². The Bertz CT molecular complexity index is 530. The third-order valence-electron chi connectivity index (χ3n) is 4.21. The molecule has 112 valence electrons. The number of aliphatic carboxylic acids is 1. The average Bonchev–Trinajstić information content (AvgIpc) is 3.00. The summed E-state index contributed by atoms with van der Waals surface area (Å²) in [6.07, 6.45) is 4.73. The van der Waals surface area contributed by atoms with Crippen molar-refractivity contribution in [1.82, 2.24) is 4.90 Å². The van der Waals surface area contributed by atoms with Crippen molar-refractivity contribution in [2.75, 3.05) is 6.54 Å². The number of nitrogens with zero attached hydrogens (tertiary/aromatic N) is 2. The van der Waals surface area contributed by atoms with Gasteiger partial charge in [-0.25, -0.2) is 0 Å². The lowest BCUT2D eigenvalue weighted by Crippen LogP contribution is -2.38. The number of carboxylic acid groups (broad SMARTS) is 1. The van der Waals surface area contributed by atoms with Gasteiger partial charge >= 0.3 is 5.97 Å². The van der Waals surface area contributed by atoms with E-state index in [1.165, 1.54) is 12.8 Å². The molecule has 0 saturated heterocycles. The van der Waals surface area contributed by atoms with E-state index in [0.717, 1.165) is 24.9 Å². The quantitative estimate of drug-likeness (QED) is 0.873. The zero-order chi connectivity index (χ0) is 15.2. The molecule has 1 unspecified atom stereocenters. The highest BCUT2D eigenvalue weighted by atomic mass is 16.4. The standard InChI is InChI=1S/C17H22N2O2/c1-13(17(20)21)11-19(16-7-2-3-8-16)12-15-6-4-5-14(9-15)10-18/h4-6,9,13,16H,2-3,7-8,11-12H2,1H3,(H,20,21). The van der Waals surface area contributed by atoms with Gasteiger partial charge in [-0.2, -0.15) is 5.26 Å². The molecule has 0 heterocycles. The first kappa shape index (κ1) is 15.5. The third kappa shape index (κ3) is 4.30. The van der Waals surface area contributed by atoms with Crippen molar-refractivity contribution in [3.63, 3.8) is 0 Å². The average molecular weight is 286 g/mol. The maximum absolute atomic E-state index is 11.1. The second-order valence-corrected chi connectivity index (χ2v) is 5.92. The van der Waals surface area contributed by atoms with Gasteiger partial charge < -0.3 is 5.11 Å². The van der Waals surface area contributed by atoms with Crippen LogP contribution in [0.2, 0.25) is 0 Å². The molecule has 0 aromatic heterocycles. The number of carboxylic acids is 1. The Balaban J connectivity index is 2.10. The van der Waals surface area contributed by atoms with E-state index < -0.39 is 5.97 Å². The van der Waals surface area contributed by atoms with E-state index in [0.29, 0.717) is 18.2 Å². The molecule has 1 N–H and O–H groups in total. The molecule has 1 saturated carbocycles. The van der Waals surface area contributed by atoms with Crippen molar-refractivity contribution in [2.45, 2.75) is 45.2 Å². The lowest BCUT2D eigenvalue weighted by Gasteiger charge is -2.30. The summed E-state index contributed by atoms with van der Waals surface area (Å²) in [4.78, 5) is 13.4. The molecule has 0 aliphatic heterocycles. The van der Waals surface area contributed by atoms with Crippen LogP contribution in [-0.2, 0) is 11.3 Å². The summed E-state index contributed by atoms with van der Waals surface area (Å²) in [5.41, 5.74) is 1.74. The monoisotopic (exact) mass is 286 g/mol. The van der Waals surface area contributed by atoms with Gasteiger partial charge in [-0.1, -0.05) is 31.9 Å². The van der Waals surface area contributed by atoms with Gasteiger partial charge in [0.2, 0.25) is 0 Å². The topological polar surface area (TPSA) is 64.3 Å². The fraction of sp³-hybridized carbons (Fsp3) is 0.529. The summed E-state index contributed by atoms with van der Waals surface area (Å²) in [6, 6.07) is 10.2. The first-order chi connectivity index (χ1) is 10.1. The predicted molar refractivity (Wildman–Crippen MR) is 80.6 cm³/mol. The molecular formula is C17H22N2O2. The molecular weight excluding hydrogens is 264 g/mol. The Labute approximate surface area is 126 Å². The van der Waals surface area contributed by atoms with Gasteiger partial charge in [-0.15, -0.1) is 0 Å². The fourth-order valence-corrected chi connectivity index (χ4v) is 3.02. The molecule has 1 fully saturated rings. The second kappa shape index (κ2) is 7.24. The molecule has 2 rings (SSSR count). The predicted octanol–water partition coefficient (Wildman–Crippen LogP) is 3.02. The molecule has 1 aromatic rings. The number of hydrogen-bond donors (Lipinski definition) is 1. The van der Waals surface area contributed by atoms with Gasteiger partial charge in [0.05, 0.1) is 17.6 Å². The Kier molecular flexibility index (Phi) is 5.35. The van der Waals surface area contributed by atoms with Crippen LogP contribution in [0.5, 0.6) is 0 Å². The first-order valence-corrected chi connectivity index (χ1v) is 7.56. The highest BCUT2D eigenvalue weighted by Gasteiger charge is 2.25. The van der Waals surface area contributed by atoms with Crippen LogP contribution in [0.15, 0.2) is 24.3 Å². The zero-order valence-electron chi connectivity index (χ0n) is 12.5. The van der Waals surface area contributed by atoms with E-state index in [9.17, 15) is 4.79 Å². The molecule has 4 nitrogen and oxygen atoms in total. The smallest absolute Gasteiger partial charge is 0.307 e. The van der Waals surface area contributed by atoms with Gasteiger partial charge in [0.25, 0.3) is 0 Å². The lowest BCUT2D eigenvalue weighted by atomic mass is 10.1. The van der Waals surface area contributed by atoms with Crippen molar-refractivity contribution >= 4 is 5.97 Å². The fourth-order valence-electron chi connectivity index (χ4n) is 3.02. The molecule has 21 heavy (non-hydrogen) atoms. The molecule has 0 amide bonds. The first-order valence-electron chi connectivity index (χ1n) is 7.56. The molecule has 1 atom stereocenters. The molecule has 4 heteroatoms. The van der Waals surface area contributed by atoms with Crippen molar-refractivity contribution in [3.05, 3.63) is 35.4 Å². The van der Waals surface area contributed by atoms with Crippen LogP contribution in [0, 0.1) is 17.2 Å². The van der Waals surface area contributed by atoms with Gasteiger partial charge in [0, 0.05) is 19.1 Å². The minimum Gasteiger partial charge on any atom is -0.481 e. The number of hydrogen-bond acceptors (Lipinski definition) is 3. The third-order valence-corrected chi connectivity index (χ3v) is 4.21. The maximum atomic E-state index is 11.1. The van der Waals surface area contributed by atoms with Gasteiger partial charge in [0.15, 0.2) is 0 Å². The van der Waals surface area contributed by atoms with Crippen LogP contribution in [-0.4, -0.2) is 28.6 Å². The molecule has 0 radical (unpaired) electrons. The van der Waals surface area contributed by atoms with E-state index in [2.05, 4.69) is 11.0 Å². The molecule has 1 aliphatic carbocycles. The number of rotatable bonds is 6. The maximum Gasteiger partial charge on any atom is 0.307 e. The Morgan fingerprint density at radius 2 is 2.19 bits per heavy atom. The normalized spacial score (nSPS) is 16.8. The summed E-state index contributed by atoms with van der Waals surface area (Å²) in [5.74, 6) is -1.12. The van der Waals surface area contributed by atoms with Crippen LogP contribution in [0.4, 0.5) is 0 Å². The lowest BCUT2D eigenvalue weighted by molar-refractivity contribution is -0.142.